The minimum atomic E-state index is -0.255. The summed E-state index contributed by atoms with van der Waals surface area (Å²) in [5.74, 6) is 2.01. The number of para-hydroxylation sites is 1. The van der Waals surface area contributed by atoms with Gasteiger partial charge in [0.2, 0.25) is 0 Å². The zero-order chi connectivity index (χ0) is 20.9. The monoisotopic (exact) mass is 526 g/mol. The molecule has 30 heavy (non-hydrogen) atoms. The van der Waals surface area contributed by atoms with E-state index in [0.29, 0.717) is 38.5 Å². The lowest BCUT2D eigenvalue weighted by Gasteiger charge is -2.36. The normalized spacial score (nSPS) is 14.9. The van der Waals surface area contributed by atoms with Crippen molar-refractivity contribution in [3.63, 3.8) is 0 Å². The van der Waals surface area contributed by atoms with Crippen molar-refractivity contribution in [3.8, 4) is 5.75 Å². The summed E-state index contributed by atoms with van der Waals surface area (Å²) in [7, 11) is 1.78. The van der Waals surface area contributed by atoms with Crippen LogP contribution in [0.3, 0.4) is 0 Å². The first-order chi connectivity index (χ1) is 13.9. The molecule has 0 saturated carbocycles. The van der Waals surface area contributed by atoms with E-state index in [0.717, 1.165) is 17.3 Å². The summed E-state index contributed by atoms with van der Waals surface area (Å²) >= 11 is 0. The number of nitrogens with one attached hydrogen (secondary N) is 1. The molecule has 2 heterocycles. The van der Waals surface area contributed by atoms with Gasteiger partial charge in [0.05, 0.1) is 6.26 Å². The number of carbonyl (C=O) groups is 1. The number of piperazine rings is 1. The number of hydrogen-bond acceptors (Lipinski definition) is 4. The molecule has 1 aliphatic heterocycles. The standard InChI is InChI=1S/C22H30N4O3.HI/c1-22(2,3)29-18-9-6-5-8-17(18)16-24-21(23-4)26-13-11-25(12-14-26)20(27)19-10-7-15-28-19;/h5-10,15H,11-14,16H2,1-4H3,(H,23,24);1H. The molecule has 3 rings (SSSR count). The third kappa shape index (κ3) is 6.38. The van der Waals surface area contributed by atoms with Crippen molar-refractivity contribution in [2.75, 3.05) is 33.2 Å². The zero-order valence-corrected chi connectivity index (χ0v) is 20.4. The molecule has 1 fully saturated rings. The van der Waals surface area contributed by atoms with Crippen LogP contribution in [0.25, 0.3) is 0 Å². The van der Waals surface area contributed by atoms with Gasteiger partial charge < -0.3 is 24.3 Å². The second-order valence-electron chi connectivity index (χ2n) is 7.98. The fraction of sp³-hybridized carbons (Fsp3) is 0.455. The van der Waals surface area contributed by atoms with E-state index in [4.69, 9.17) is 9.15 Å². The van der Waals surface area contributed by atoms with Crippen LogP contribution in [0, 0.1) is 0 Å². The number of halogens is 1. The Kier molecular flexibility index (Phi) is 8.57. The first-order valence-corrected chi connectivity index (χ1v) is 9.92. The highest BCUT2D eigenvalue weighted by atomic mass is 127. The van der Waals surface area contributed by atoms with E-state index >= 15 is 0 Å². The van der Waals surface area contributed by atoms with Crippen molar-refractivity contribution in [2.24, 2.45) is 4.99 Å². The molecule has 0 radical (unpaired) electrons. The van der Waals surface area contributed by atoms with Gasteiger partial charge in [0.25, 0.3) is 5.91 Å². The summed E-state index contributed by atoms with van der Waals surface area (Å²) in [4.78, 5) is 20.8. The van der Waals surface area contributed by atoms with E-state index < -0.39 is 0 Å². The molecule has 1 aromatic carbocycles. The molecule has 0 aliphatic carbocycles. The maximum absolute atomic E-state index is 12.4. The number of furan rings is 1. The number of rotatable bonds is 4. The Morgan fingerprint density at radius 1 is 1.10 bits per heavy atom. The predicted octanol–water partition coefficient (Wildman–Crippen LogP) is 3.61. The Bertz CT molecular complexity index is 838. The molecular weight excluding hydrogens is 495 g/mol. The van der Waals surface area contributed by atoms with Crippen molar-refractivity contribution < 1.29 is 13.9 Å². The smallest absolute Gasteiger partial charge is 0.289 e. The third-order valence-electron chi connectivity index (χ3n) is 4.64. The van der Waals surface area contributed by atoms with Crippen LogP contribution in [0.15, 0.2) is 52.1 Å². The van der Waals surface area contributed by atoms with Gasteiger partial charge in [-0.3, -0.25) is 9.79 Å². The fourth-order valence-electron chi connectivity index (χ4n) is 3.26. The van der Waals surface area contributed by atoms with E-state index in [2.05, 4.69) is 21.3 Å². The number of carbonyl (C=O) groups excluding carboxylic acids is 1. The molecule has 8 heteroatoms. The number of aliphatic imine (C=N–C) groups is 1. The summed E-state index contributed by atoms with van der Waals surface area (Å²) in [6, 6.07) is 11.5. The molecule has 0 spiro atoms. The molecular formula is C22H31IN4O3. The van der Waals surface area contributed by atoms with Gasteiger partial charge in [-0.1, -0.05) is 18.2 Å². The van der Waals surface area contributed by atoms with Gasteiger partial charge in [0, 0.05) is 45.3 Å². The van der Waals surface area contributed by atoms with Gasteiger partial charge in [0.15, 0.2) is 11.7 Å². The molecule has 0 atom stereocenters. The van der Waals surface area contributed by atoms with Crippen LogP contribution in [0.5, 0.6) is 5.75 Å². The van der Waals surface area contributed by atoms with Crippen LogP contribution in [0.2, 0.25) is 0 Å². The molecule has 1 N–H and O–H groups in total. The van der Waals surface area contributed by atoms with Gasteiger partial charge in [0.1, 0.15) is 11.4 Å². The van der Waals surface area contributed by atoms with Crippen molar-refractivity contribution in [3.05, 3.63) is 54.0 Å². The second kappa shape index (κ2) is 10.7. The quantitative estimate of drug-likeness (QED) is 0.375. The Morgan fingerprint density at radius 2 is 1.77 bits per heavy atom. The minimum Gasteiger partial charge on any atom is -0.488 e. The zero-order valence-electron chi connectivity index (χ0n) is 18.1. The molecule has 1 saturated heterocycles. The lowest BCUT2D eigenvalue weighted by molar-refractivity contribution is 0.0657. The Balaban J connectivity index is 0.00000320. The van der Waals surface area contributed by atoms with Crippen LogP contribution in [-0.2, 0) is 6.54 Å². The fourth-order valence-corrected chi connectivity index (χ4v) is 3.26. The van der Waals surface area contributed by atoms with Gasteiger partial charge in [-0.15, -0.1) is 24.0 Å². The average molecular weight is 526 g/mol. The summed E-state index contributed by atoms with van der Waals surface area (Å²) in [6.07, 6.45) is 1.52. The van der Waals surface area contributed by atoms with Crippen LogP contribution in [-0.4, -0.2) is 60.5 Å². The van der Waals surface area contributed by atoms with Crippen molar-refractivity contribution in [2.45, 2.75) is 32.9 Å². The number of guanidine groups is 1. The topological polar surface area (TPSA) is 70.3 Å². The average Bonchev–Trinajstić information content (AvgIpc) is 3.23. The van der Waals surface area contributed by atoms with Gasteiger partial charge >= 0.3 is 0 Å². The lowest BCUT2D eigenvalue weighted by Crippen LogP contribution is -2.53. The van der Waals surface area contributed by atoms with E-state index in [1.54, 1.807) is 19.2 Å². The molecule has 1 aliphatic rings. The van der Waals surface area contributed by atoms with Gasteiger partial charge in [-0.05, 0) is 39.0 Å². The highest BCUT2D eigenvalue weighted by molar-refractivity contribution is 14.0. The Hall–Kier alpha value is -2.23. The van der Waals surface area contributed by atoms with Crippen molar-refractivity contribution >= 4 is 35.8 Å². The summed E-state index contributed by atoms with van der Waals surface area (Å²) in [5.41, 5.74) is 0.824. The Labute approximate surface area is 195 Å². The molecule has 0 bridgehead atoms. The predicted molar refractivity (Wildman–Crippen MR) is 129 cm³/mol. The van der Waals surface area contributed by atoms with Crippen LogP contribution < -0.4 is 10.1 Å². The van der Waals surface area contributed by atoms with Crippen LogP contribution in [0.4, 0.5) is 0 Å². The first kappa shape index (κ1) is 24.0. The molecule has 7 nitrogen and oxygen atoms in total. The van der Waals surface area contributed by atoms with Gasteiger partial charge in [-0.2, -0.15) is 0 Å². The third-order valence-corrected chi connectivity index (χ3v) is 4.64. The van der Waals surface area contributed by atoms with E-state index in [1.165, 1.54) is 6.26 Å². The molecule has 164 valence electrons. The summed E-state index contributed by atoms with van der Waals surface area (Å²) < 4.78 is 11.3. The van der Waals surface area contributed by atoms with Crippen LogP contribution in [0.1, 0.15) is 36.9 Å². The minimum absolute atomic E-state index is 0. The number of ether oxygens (including phenoxy) is 1. The number of nitrogens with zero attached hydrogens (tertiary/aromatic N) is 3. The highest BCUT2D eigenvalue weighted by Crippen LogP contribution is 2.23. The van der Waals surface area contributed by atoms with Crippen molar-refractivity contribution in [1.82, 2.24) is 15.1 Å². The number of hydrogen-bond donors (Lipinski definition) is 1. The summed E-state index contributed by atoms with van der Waals surface area (Å²) in [6.45, 7) is 9.43. The Morgan fingerprint density at radius 3 is 2.37 bits per heavy atom. The molecule has 0 unspecified atom stereocenters. The second-order valence-corrected chi connectivity index (χ2v) is 7.98. The van der Waals surface area contributed by atoms with E-state index in [1.807, 2.05) is 43.9 Å². The van der Waals surface area contributed by atoms with E-state index in [-0.39, 0.29) is 35.5 Å². The highest BCUT2D eigenvalue weighted by Gasteiger charge is 2.25. The van der Waals surface area contributed by atoms with Gasteiger partial charge in [-0.25, -0.2) is 0 Å². The lowest BCUT2D eigenvalue weighted by atomic mass is 10.1. The maximum atomic E-state index is 12.4. The molecule has 1 amide bonds. The van der Waals surface area contributed by atoms with Crippen LogP contribution >= 0.6 is 24.0 Å². The maximum Gasteiger partial charge on any atom is 0.289 e. The number of benzene rings is 1. The van der Waals surface area contributed by atoms with E-state index in [9.17, 15) is 4.79 Å². The largest absolute Gasteiger partial charge is 0.488 e. The molecule has 1 aromatic heterocycles. The summed E-state index contributed by atoms with van der Waals surface area (Å²) in [5, 5.41) is 3.43. The molecule has 2 aromatic rings. The van der Waals surface area contributed by atoms with Crippen molar-refractivity contribution in [1.29, 1.82) is 0 Å². The SMILES string of the molecule is CN=C(NCc1ccccc1OC(C)(C)C)N1CCN(C(=O)c2ccco2)CC1.I. The first-order valence-electron chi connectivity index (χ1n) is 9.92. The number of amides is 1.